The van der Waals surface area contributed by atoms with E-state index in [9.17, 15) is 27.5 Å². The van der Waals surface area contributed by atoms with E-state index >= 15 is 0 Å². The average Bonchev–Trinajstić information content (AvgIpc) is 3.06. The van der Waals surface area contributed by atoms with Crippen LogP contribution in [0.15, 0.2) is 42.5 Å². The molecule has 1 unspecified atom stereocenters. The van der Waals surface area contributed by atoms with Crippen molar-refractivity contribution in [3.05, 3.63) is 65.0 Å². The molecule has 12 heteroatoms. The number of aromatic nitrogens is 2. The summed E-state index contributed by atoms with van der Waals surface area (Å²) in [6, 6.07) is 10.6. The molecular formula is C21H21F4N5O3. The number of anilines is 1. The first-order valence-electron chi connectivity index (χ1n) is 9.57. The molecule has 1 aromatic heterocycles. The maximum absolute atomic E-state index is 14.8. The molecule has 0 aliphatic carbocycles. The number of ether oxygens (including phenoxy) is 1. The van der Waals surface area contributed by atoms with E-state index in [-0.39, 0.29) is 12.1 Å². The number of carbonyl (C=O) groups excluding carboxylic acids is 1. The molecule has 0 aliphatic heterocycles. The van der Waals surface area contributed by atoms with Crippen LogP contribution in [-0.4, -0.2) is 34.1 Å². The predicted molar refractivity (Wildman–Crippen MR) is 111 cm³/mol. The van der Waals surface area contributed by atoms with E-state index < -0.39 is 47.7 Å². The van der Waals surface area contributed by atoms with Crippen LogP contribution in [0.1, 0.15) is 27.7 Å². The minimum atomic E-state index is -4.66. The fourth-order valence-corrected chi connectivity index (χ4v) is 3.27. The summed E-state index contributed by atoms with van der Waals surface area (Å²) in [6.45, 7) is -1.52. The summed E-state index contributed by atoms with van der Waals surface area (Å²) in [5.41, 5.74) is 10.6. The highest BCUT2D eigenvalue weighted by Gasteiger charge is 2.32. The zero-order valence-electron chi connectivity index (χ0n) is 17.4. The van der Waals surface area contributed by atoms with E-state index in [0.29, 0.717) is 21.6 Å². The Bertz CT molecular complexity index is 1160. The lowest BCUT2D eigenvalue weighted by Gasteiger charge is -2.16. The third-order valence-electron chi connectivity index (χ3n) is 4.79. The van der Waals surface area contributed by atoms with Crippen molar-refractivity contribution in [3.63, 3.8) is 0 Å². The van der Waals surface area contributed by atoms with Crippen LogP contribution < -0.4 is 21.5 Å². The number of aliphatic hydroxyl groups excluding tert-OH is 1. The van der Waals surface area contributed by atoms with Gasteiger partial charge in [0.25, 0.3) is 5.91 Å². The maximum atomic E-state index is 14.8. The van der Waals surface area contributed by atoms with Crippen molar-refractivity contribution in [2.24, 2.45) is 5.73 Å². The van der Waals surface area contributed by atoms with E-state index in [2.05, 4.69) is 10.4 Å². The Morgan fingerprint density at radius 3 is 2.58 bits per heavy atom. The minimum Gasteiger partial charge on any atom is -0.496 e. The number of hydrogen-bond acceptors (Lipinski definition) is 6. The van der Waals surface area contributed by atoms with Gasteiger partial charge in [-0.05, 0) is 23.8 Å². The van der Waals surface area contributed by atoms with E-state index in [0.717, 1.165) is 6.07 Å². The minimum absolute atomic E-state index is 0.0454. The number of amides is 1. The van der Waals surface area contributed by atoms with Crippen LogP contribution in [0.25, 0.3) is 11.3 Å². The van der Waals surface area contributed by atoms with Crippen LogP contribution in [0.4, 0.5) is 23.4 Å². The summed E-state index contributed by atoms with van der Waals surface area (Å²) in [5.74, 6) is -2.15. The third-order valence-corrected chi connectivity index (χ3v) is 4.79. The predicted octanol–water partition coefficient (Wildman–Crippen LogP) is 2.72. The molecule has 3 aromatic rings. The molecule has 8 nitrogen and oxygen atoms in total. The van der Waals surface area contributed by atoms with Crippen molar-refractivity contribution < 1.29 is 32.2 Å². The first kappa shape index (κ1) is 24.0. The van der Waals surface area contributed by atoms with Crippen LogP contribution >= 0.6 is 0 Å². The summed E-state index contributed by atoms with van der Waals surface area (Å²) < 4.78 is 58.7. The number of alkyl halides is 3. The summed E-state index contributed by atoms with van der Waals surface area (Å²) in [5, 5.41) is 16.9. The zero-order valence-corrected chi connectivity index (χ0v) is 17.4. The molecule has 1 atom stereocenters. The van der Waals surface area contributed by atoms with Gasteiger partial charge in [0.15, 0.2) is 0 Å². The lowest BCUT2D eigenvalue weighted by Crippen LogP contribution is -2.21. The number of hydrogen-bond donors (Lipinski definition) is 4. The second-order valence-electron chi connectivity index (χ2n) is 7.09. The number of nitrogens with zero attached hydrogens (tertiary/aromatic N) is 2. The highest BCUT2D eigenvalue weighted by Crippen LogP contribution is 2.31. The first-order valence-corrected chi connectivity index (χ1v) is 9.57. The third kappa shape index (κ3) is 5.41. The molecule has 0 saturated carbocycles. The monoisotopic (exact) mass is 467 g/mol. The molecule has 176 valence electrons. The van der Waals surface area contributed by atoms with E-state index in [1.165, 1.54) is 19.2 Å². The molecule has 0 radical (unpaired) electrons. The molecule has 1 amide bonds. The SMILES string of the molecule is COc1ccccc1C(O)NCc1ccc(-c2nn(CC(F)(F)F)c(N)c2C(N)=O)c(F)c1. The summed E-state index contributed by atoms with van der Waals surface area (Å²) in [4.78, 5) is 11.8. The normalized spacial score (nSPS) is 12.5. The number of halogens is 4. The Balaban J connectivity index is 1.85. The Morgan fingerprint density at radius 2 is 1.97 bits per heavy atom. The highest BCUT2D eigenvalue weighted by molar-refractivity contribution is 6.03. The smallest absolute Gasteiger partial charge is 0.408 e. The van der Waals surface area contributed by atoms with Crippen molar-refractivity contribution in [1.82, 2.24) is 15.1 Å². The Hall–Kier alpha value is -3.64. The number of nitrogens with two attached hydrogens (primary N) is 2. The number of primary amides is 1. The van der Waals surface area contributed by atoms with Crippen LogP contribution in [0.3, 0.4) is 0 Å². The average molecular weight is 467 g/mol. The molecule has 0 saturated heterocycles. The van der Waals surface area contributed by atoms with Crippen molar-refractivity contribution >= 4 is 11.7 Å². The van der Waals surface area contributed by atoms with Crippen molar-refractivity contribution in [1.29, 1.82) is 0 Å². The van der Waals surface area contributed by atoms with Crippen LogP contribution in [-0.2, 0) is 13.1 Å². The molecule has 6 N–H and O–H groups in total. The summed E-state index contributed by atoms with van der Waals surface area (Å²) >= 11 is 0. The zero-order chi connectivity index (χ0) is 24.3. The van der Waals surface area contributed by atoms with Gasteiger partial charge in [-0.1, -0.05) is 24.3 Å². The van der Waals surface area contributed by atoms with E-state index in [4.69, 9.17) is 16.2 Å². The molecule has 1 heterocycles. The van der Waals surface area contributed by atoms with E-state index in [1.807, 2.05) is 0 Å². The van der Waals surface area contributed by atoms with Gasteiger partial charge in [0, 0.05) is 17.7 Å². The van der Waals surface area contributed by atoms with Crippen LogP contribution in [0.5, 0.6) is 5.75 Å². The summed E-state index contributed by atoms with van der Waals surface area (Å²) in [6.07, 6.45) is -5.77. The second-order valence-corrected chi connectivity index (χ2v) is 7.09. The van der Waals surface area contributed by atoms with Crippen LogP contribution in [0, 0.1) is 5.82 Å². The maximum Gasteiger partial charge on any atom is 0.408 e. The van der Waals surface area contributed by atoms with E-state index in [1.54, 1.807) is 24.3 Å². The number of para-hydroxylation sites is 1. The number of aliphatic hydroxyl groups is 1. The van der Waals surface area contributed by atoms with Gasteiger partial charge in [-0.25, -0.2) is 9.07 Å². The van der Waals surface area contributed by atoms with Crippen LogP contribution in [0.2, 0.25) is 0 Å². The lowest BCUT2D eigenvalue weighted by atomic mass is 10.0. The van der Waals surface area contributed by atoms with Crippen molar-refractivity contribution in [2.75, 3.05) is 12.8 Å². The van der Waals surface area contributed by atoms with Gasteiger partial charge in [0.05, 0.1) is 7.11 Å². The fraction of sp³-hybridized carbons (Fsp3) is 0.238. The standard InChI is InChI=1S/C21H21F4N5O3/c1-33-15-5-3-2-4-13(15)20(32)28-9-11-6-7-12(14(22)8-11)17-16(19(27)31)18(26)30(29-17)10-21(23,24)25/h2-8,20,28,32H,9-10,26H2,1H3,(H2,27,31). The van der Waals surface area contributed by atoms with Gasteiger partial charge in [0.2, 0.25) is 0 Å². The van der Waals surface area contributed by atoms with Gasteiger partial charge in [-0.3, -0.25) is 10.1 Å². The number of methoxy groups -OCH3 is 1. The Morgan fingerprint density at radius 1 is 1.27 bits per heavy atom. The largest absolute Gasteiger partial charge is 0.496 e. The number of rotatable bonds is 8. The molecule has 0 bridgehead atoms. The van der Waals surface area contributed by atoms with Gasteiger partial charge < -0.3 is 21.3 Å². The van der Waals surface area contributed by atoms with Crippen molar-refractivity contribution in [2.45, 2.75) is 25.5 Å². The topological polar surface area (TPSA) is 128 Å². The Kier molecular flexibility index (Phi) is 6.89. The van der Waals surface area contributed by atoms with Gasteiger partial charge in [-0.15, -0.1) is 0 Å². The Labute approximate surface area is 185 Å². The highest BCUT2D eigenvalue weighted by atomic mass is 19.4. The molecule has 3 rings (SSSR count). The lowest BCUT2D eigenvalue weighted by molar-refractivity contribution is -0.142. The number of benzene rings is 2. The molecule has 2 aromatic carbocycles. The number of nitrogens with one attached hydrogen (secondary N) is 1. The van der Waals surface area contributed by atoms with Gasteiger partial charge >= 0.3 is 6.18 Å². The molecule has 0 spiro atoms. The van der Waals surface area contributed by atoms with Crippen molar-refractivity contribution in [3.8, 4) is 17.0 Å². The van der Waals surface area contributed by atoms with Gasteiger partial charge in [-0.2, -0.15) is 18.3 Å². The molecule has 0 aliphatic rings. The quantitative estimate of drug-likeness (QED) is 0.298. The second kappa shape index (κ2) is 9.46. The molecule has 0 fully saturated rings. The fourth-order valence-electron chi connectivity index (χ4n) is 3.27. The number of carbonyl (C=O) groups is 1. The van der Waals surface area contributed by atoms with Gasteiger partial charge in [0.1, 0.15) is 41.4 Å². The summed E-state index contributed by atoms with van der Waals surface area (Å²) in [7, 11) is 1.46. The number of nitrogen functional groups attached to an aromatic ring is 1. The molecular weight excluding hydrogens is 446 g/mol. The first-order chi connectivity index (χ1) is 15.5. The molecule has 33 heavy (non-hydrogen) atoms.